The summed E-state index contributed by atoms with van der Waals surface area (Å²) in [4.78, 5) is 0. The zero-order valence-electron chi connectivity index (χ0n) is 10.2. The number of aryl methyl sites for hydroxylation is 2. The van der Waals surface area contributed by atoms with Crippen LogP contribution in [0.5, 0.6) is 0 Å². The third kappa shape index (κ3) is 3.08. The van der Waals surface area contributed by atoms with Gasteiger partial charge < -0.3 is 5.73 Å². The van der Waals surface area contributed by atoms with E-state index in [1.165, 1.54) is 44.2 Å². The summed E-state index contributed by atoms with van der Waals surface area (Å²) in [5.41, 5.74) is 7.43. The molecule has 2 atom stereocenters. The van der Waals surface area contributed by atoms with Crippen molar-refractivity contribution in [3.63, 3.8) is 0 Å². The molecule has 3 nitrogen and oxygen atoms in total. The first-order chi connectivity index (χ1) is 7.75. The lowest BCUT2D eigenvalue weighted by Crippen LogP contribution is -2.21. The zero-order chi connectivity index (χ0) is 11.4. The Kier molecular flexibility index (Phi) is 3.99. The summed E-state index contributed by atoms with van der Waals surface area (Å²) in [6.07, 6.45) is 10.8. The summed E-state index contributed by atoms with van der Waals surface area (Å²) < 4.78 is 1.98. The number of hydrogen-bond acceptors (Lipinski definition) is 2. The van der Waals surface area contributed by atoms with E-state index < -0.39 is 0 Å². The van der Waals surface area contributed by atoms with Crippen molar-refractivity contribution in [2.75, 3.05) is 0 Å². The number of rotatable bonds is 3. The Labute approximate surface area is 98.0 Å². The number of nitrogens with zero attached hydrogens (tertiary/aromatic N) is 2. The van der Waals surface area contributed by atoms with Gasteiger partial charge in [0.2, 0.25) is 0 Å². The molecule has 0 saturated heterocycles. The minimum absolute atomic E-state index is 0.444. The molecule has 0 aromatic carbocycles. The quantitative estimate of drug-likeness (QED) is 0.796. The standard InChI is InChI=1S/C13H23N3/c1-16-13(8-9-15-16)7-6-11-4-2-3-5-12(14)10-11/h8-9,11-12H,2-7,10,14H2,1H3. The van der Waals surface area contributed by atoms with Gasteiger partial charge in [-0.15, -0.1) is 0 Å². The Morgan fingerprint density at radius 3 is 3.00 bits per heavy atom. The van der Waals surface area contributed by atoms with E-state index in [0.717, 1.165) is 12.3 Å². The second-order valence-corrected chi connectivity index (χ2v) is 5.13. The highest BCUT2D eigenvalue weighted by Gasteiger charge is 2.17. The average molecular weight is 221 g/mol. The first-order valence-electron chi connectivity index (χ1n) is 6.48. The van der Waals surface area contributed by atoms with Crippen LogP contribution in [0.1, 0.15) is 44.2 Å². The Morgan fingerprint density at radius 1 is 1.44 bits per heavy atom. The molecule has 1 aliphatic rings. The van der Waals surface area contributed by atoms with Gasteiger partial charge in [-0.05, 0) is 37.7 Å². The van der Waals surface area contributed by atoms with Crippen LogP contribution in [-0.4, -0.2) is 15.8 Å². The first kappa shape index (κ1) is 11.6. The highest BCUT2D eigenvalue weighted by molar-refractivity contribution is 5.00. The number of aromatic nitrogens is 2. The molecule has 2 N–H and O–H groups in total. The summed E-state index contributed by atoms with van der Waals surface area (Å²) in [6, 6.07) is 2.57. The molecule has 16 heavy (non-hydrogen) atoms. The van der Waals surface area contributed by atoms with Crippen molar-refractivity contribution in [3.05, 3.63) is 18.0 Å². The molecule has 1 aliphatic carbocycles. The van der Waals surface area contributed by atoms with E-state index in [9.17, 15) is 0 Å². The van der Waals surface area contributed by atoms with Crippen molar-refractivity contribution < 1.29 is 0 Å². The van der Waals surface area contributed by atoms with Gasteiger partial charge in [-0.2, -0.15) is 5.10 Å². The van der Waals surface area contributed by atoms with Crippen molar-refractivity contribution in [3.8, 4) is 0 Å². The van der Waals surface area contributed by atoms with Crippen LogP contribution in [0.15, 0.2) is 12.3 Å². The Balaban J connectivity index is 1.82. The molecule has 0 spiro atoms. The topological polar surface area (TPSA) is 43.8 Å². The van der Waals surface area contributed by atoms with Crippen LogP contribution >= 0.6 is 0 Å². The van der Waals surface area contributed by atoms with Gasteiger partial charge in [0.25, 0.3) is 0 Å². The maximum atomic E-state index is 6.09. The Morgan fingerprint density at radius 2 is 2.25 bits per heavy atom. The van der Waals surface area contributed by atoms with Crippen LogP contribution in [0, 0.1) is 5.92 Å². The van der Waals surface area contributed by atoms with Crippen molar-refractivity contribution in [1.82, 2.24) is 9.78 Å². The largest absolute Gasteiger partial charge is 0.328 e. The fourth-order valence-electron chi connectivity index (χ4n) is 2.76. The summed E-state index contributed by atoms with van der Waals surface area (Å²) >= 11 is 0. The molecule has 1 heterocycles. The van der Waals surface area contributed by atoms with Gasteiger partial charge in [-0.1, -0.05) is 19.3 Å². The predicted octanol–water partition coefficient (Wildman–Crippen LogP) is 2.26. The van der Waals surface area contributed by atoms with E-state index in [-0.39, 0.29) is 0 Å². The maximum Gasteiger partial charge on any atom is 0.0492 e. The predicted molar refractivity (Wildman–Crippen MR) is 66.1 cm³/mol. The van der Waals surface area contributed by atoms with E-state index in [2.05, 4.69) is 11.2 Å². The van der Waals surface area contributed by atoms with Crippen LogP contribution in [0.3, 0.4) is 0 Å². The summed E-state index contributed by atoms with van der Waals surface area (Å²) in [5.74, 6) is 0.826. The second kappa shape index (κ2) is 5.48. The van der Waals surface area contributed by atoms with Crippen LogP contribution in [-0.2, 0) is 13.5 Å². The van der Waals surface area contributed by atoms with Crippen LogP contribution in [0.4, 0.5) is 0 Å². The lowest BCUT2D eigenvalue weighted by atomic mass is 9.93. The second-order valence-electron chi connectivity index (χ2n) is 5.13. The average Bonchev–Trinajstić information content (AvgIpc) is 2.54. The van der Waals surface area contributed by atoms with Crippen LogP contribution in [0.2, 0.25) is 0 Å². The SMILES string of the molecule is Cn1nccc1CCC1CCCCC(N)C1. The van der Waals surface area contributed by atoms with Crippen molar-refractivity contribution >= 4 is 0 Å². The molecule has 0 bridgehead atoms. The fraction of sp³-hybridized carbons (Fsp3) is 0.769. The normalized spacial score (nSPS) is 26.6. The molecule has 90 valence electrons. The minimum Gasteiger partial charge on any atom is -0.328 e. The summed E-state index contributed by atoms with van der Waals surface area (Å²) in [7, 11) is 2.02. The molecule has 1 aromatic heterocycles. The van der Waals surface area contributed by atoms with Gasteiger partial charge in [-0.25, -0.2) is 0 Å². The highest BCUT2D eigenvalue weighted by Crippen LogP contribution is 2.26. The zero-order valence-corrected chi connectivity index (χ0v) is 10.2. The van der Waals surface area contributed by atoms with Crippen molar-refractivity contribution in [2.24, 2.45) is 18.7 Å². The molecule has 1 aromatic rings. The van der Waals surface area contributed by atoms with Gasteiger partial charge in [-0.3, -0.25) is 4.68 Å². The molecule has 3 heteroatoms. The monoisotopic (exact) mass is 221 g/mol. The van der Waals surface area contributed by atoms with Crippen molar-refractivity contribution in [1.29, 1.82) is 0 Å². The number of hydrogen-bond donors (Lipinski definition) is 1. The third-order valence-corrected chi connectivity index (χ3v) is 3.80. The van der Waals surface area contributed by atoms with Crippen LogP contribution < -0.4 is 5.73 Å². The molecule has 1 saturated carbocycles. The van der Waals surface area contributed by atoms with Crippen molar-refractivity contribution in [2.45, 2.75) is 51.0 Å². The van der Waals surface area contributed by atoms with Gasteiger partial charge in [0.1, 0.15) is 0 Å². The third-order valence-electron chi connectivity index (χ3n) is 3.80. The Hall–Kier alpha value is -0.830. The molecular formula is C13H23N3. The summed E-state index contributed by atoms with van der Waals surface area (Å²) in [5, 5.41) is 4.21. The minimum atomic E-state index is 0.444. The molecule has 1 fully saturated rings. The van der Waals surface area contributed by atoms with Gasteiger partial charge in [0.05, 0.1) is 0 Å². The van der Waals surface area contributed by atoms with E-state index >= 15 is 0 Å². The summed E-state index contributed by atoms with van der Waals surface area (Å²) in [6.45, 7) is 0. The number of nitrogens with two attached hydrogens (primary N) is 1. The smallest absolute Gasteiger partial charge is 0.0492 e. The van der Waals surface area contributed by atoms with E-state index in [1.54, 1.807) is 0 Å². The van der Waals surface area contributed by atoms with Gasteiger partial charge in [0, 0.05) is 25.0 Å². The van der Waals surface area contributed by atoms with E-state index in [1.807, 2.05) is 17.9 Å². The molecular weight excluding hydrogens is 198 g/mol. The molecule has 0 amide bonds. The maximum absolute atomic E-state index is 6.09. The van der Waals surface area contributed by atoms with Crippen LogP contribution in [0.25, 0.3) is 0 Å². The lowest BCUT2D eigenvalue weighted by Gasteiger charge is -2.16. The lowest BCUT2D eigenvalue weighted by molar-refractivity contribution is 0.402. The molecule has 2 rings (SSSR count). The molecule has 0 aliphatic heterocycles. The highest BCUT2D eigenvalue weighted by atomic mass is 15.2. The molecule has 2 unspecified atom stereocenters. The van der Waals surface area contributed by atoms with E-state index in [4.69, 9.17) is 5.73 Å². The Bertz CT molecular complexity index is 319. The van der Waals surface area contributed by atoms with Gasteiger partial charge >= 0.3 is 0 Å². The van der Waals surface area contributed by atoms with E-state index in [0.29, 0.717) is 6.04 Å². The van der Waals surface area contributed by atoms with Gasteiger partial charge in [0.15, 0.2) is 0 Å². The molecule has 0 radical (unpaired) electrons. The fourth-order valence-corrected chi connectivity index (χ4v) is 2.76. The first-order valence-corrected chi connectivity index (χ1v) is 6.48.